The number of hydrogen-bond donors (Lipinski definition) is 1. The van der Waals surface area contributed by atoms with Crippen LogP contribution >= 0.6 is 0 Å². The van der Waals surface area contributed by atoms with Gasteiger partial charge in [-0.05, 0) is 31.9 Å². The molecule has 1 N–H and O–H groups in total. The second kappa shape index (κ2) is 9.54. The molecule has 23 heavy (non-hydrogen) atoms. The topological polar surface area (TPSA) is 32.9 Å². The summed E-state index contributed by atoms with van der Waals surface area (Å²) >= 11 is 0. The van der Waals surface area contributed by atoms with Crippen molar-refractivity contribution >= 4 is 10.9 Å². The number of benzene rings is 1. The van der Waals surface area contributed by atoms with Crippen LogP contribution in [0.2, 0.25) is 0 Å². The summed E-state index contributed by atoms with van der Waals surface area (Å²) in [4.78, 5) is 16.0. The highest BCUT2D eigenvalue weighted by molar-refractivity contribution is 5.79. The van der Waals surface area contributed by atoms with Crippen molar-refractivity contribution in [3.05, 3.63) is 45.7 Å². The number of rotatable bonds is 10. The van der Waals surface area contributed by atoms with Gasteiger partial charge < -0.3 is 4.98 Å². The van der Waals surface area contributed by atoms with Crippen molar-refractivity contribution in [2.24, 2.45) is 0 Å². The summed E-state index contributed by atoms with van der Waals surface area (Å²) in [5.74, 6) is 0. The molecule has 0 bridgehead atoms. The molecule has 0 saturated heterocycles. The molecule has 0 aliphatic rings. The number of aromatic nitrogens is 1. The Morgan fingerprint density at radius 3 is 2.17 bits per heavy atom. The number of para-hydroxylation sites is 1. The molecule has 0 spiro atoms. The third-order valence-corrected chi connectivity index (χ3v) is 4.75. The minimum Gasteiger partial charge on any atom is -0.358 e. The third-order valence-electron chi connectivity index (χ3n) is 4.75. The maximum absolute atomic E-state index is 12.6. The molecule has 0 radical (unpaired) electrons. The molecule has 2 heteroatoms. The highest BCUT2D eigenvalue weighted by atomic mass is 16.1. The Balaban J connectivity index is 1.78. The highest BCUT2D eigenvalue weighted by Crippen LogP contribution is 2.14. The largest absolute Gasteiger partial charge is 0.358 e. The Labute approximate surface area is 140 Å². The van der Waals surface area contributed by atoms with Crippen molar-refractivity contribution in [2.75, 3.05) is 0 Å². The summed E-state index contributed by atoms with van der Waals surface area (Å²) in [5.41, 5.74) is 3.18. The molecule has 0 saturated carbocycles. The van der Waals surface area contributed by atoms with Gasteiger partial charge in [0.25, 0.3) is 0 Å². The van der Waals surface area contributed by atoms with Gasteiger partial charge in [0.05, 0.1) is 0 Å². The number of pyridine rings is 1. The van der Waals surface area contributed by atoms with Crippen molar-refractivity contribution in [3.8, 4) is 0 Å². The van der Waals surface area contributed by atoms with E-state index in [1.165, 1.54) is 51.4 Å². The summed E-state index contributed by atoms with van der Waals surface area (Å²) in [5, 5.41) is 0.823. The van der Waals surface area contributed by atoms with Gasteiger partial charge in [-0.1, -0.05) is 70.4 Å². The molecule has 0 amide bonds. The fourth-order valence-corrected chi connectivity index (χ4v) is 3.31. The number of unbranched alkanes of at least 4 members (excludes halogenated alkanes) is 8. The van der Waals surface area contributed by atoms with Crippen LogP contribution in [0.15, 0.2) is 29.1 Å². The molecule has 1 heterocycles. The quantitative estimate of drug-likeness (QED) is 0.543. The Hall–Kier alpha value is -1.57. The van der Waals surface area contributed by atoms with Crippen molar-refractivity contribution < 1.29 is 0 Å². The summed E-state index contributed by atoms with van der Waals surface area (Å²) in [6.07, 6.45) is 12.8. The van der Waals surface area contributed by atoms with E-state index in [9.17, 15) is 4.79 Å². The van der Waals surface area contributed by atoms with Crippen LogP contribution in [-0.2, 0) is 6.42 Å². The zero-order valence-corrected chi connectivity index (χ0v) is 14.8. The standard InChI is InChI=1S/C21H31NO/c1-3-4-5-6-7-8-9-10-11-14-18-17(2)22-20-16-13-12-15-19(20)21(18)23/h12-13,15-16H,3-11,14H2,1-2H3,(H,22,23). The maximum Gasteiger partial charge on any atom is 0.192 e. The van der Waals surface area contributed by atoms with E-state index < -0.39 is 0 Å². The smallest absolute Gasteiger partial charge is 0.192 e. The Kier molecular flexibility index (Phi) is 7.38. The molecule has 126 valence electrons. The van der Waals surface area contributed by atoms with Gasteiger partial charge in [0, 0.05) is 22.2 Å². The molecule has 1 aromatic carbocycles. The zero-order chi connectivity index (χ0) is 16.5. The molecule has 1 aromatic heterocycles. The average Bonchev–Trinajstić information content (AvgIpc) is 2.56. The lowest BCUT2D eigenvalue weighted by Gasteiger charge is -2.08. The third kappa shape index (κ3) is 5.23. The van der Waals surface area contributed by atoms with Gasteiger partial charge in [-0.2, -0.15) is 0 Å². The van der Waals surface area contributed by atoms with Gasteiger partial charge in [0.2, 0.25) is 0 Å². The number of aryl methyl sites for hydroxylation is 1. The lowest BCUT2D eigenvalue weighted by Crippen LogP contribution is -2.13. The molecule has 0 unspecified atom stereocenters. The van der Waals surface area contributed by atoms with Crippen LogP contribution in [0.25, 0.3) is 10.9 Å². The number of nitrogens with one attached hydrogen (secondary N) is 1. The molecule has 2 rings (SSSR count). The summed E-state index contributed by atoms with van der Waals surface area (Å²) in [6.45, 7) is 4.29. The van der Waals surface area contributed by atoms with E-state index in [2.05, 4.69) is 11.9 Å². The first kappa shape index (κ1) is 17.8. The molecular formula is C21H31NO. The number of hydrogen-bond acceptors (Lipinski definition) is 1. The monoisotopic (exact) mass is 313 g/mol. The fraction of sp³-hybridized carbons (Fsp3) is 0.571. The molecule has 2 aromatic rings. The van der Waals surface area contributed by atoms with Crippen LogP contribution in [0.5, 0.6) is 0 Å². The number of H-pyrrole nitrogens is 1. The van der Waals surface area contributed by atoms with Crippen molar-refractivity contribution in [1.29, 1.82) is 0 Å². The van der Waals surface area contributed by atoms with Crippen LogP contribution in [0, 0.1) is 6.92 Å². The lowest BCUT2D eigenvalue weighted by molar-refractivity contribution is 0.564. The maximum atomic E-state index is 12.6. The lowest BCUT2D eigenvalue weighted by atomic mass is 10.0. The summed E-state index contributed by atoms with van der Waals surface area (Å²) < 4.78 is 0. The van der Waals surface area contributed by atoms with Gasteiger partial charge in [0.1, 0.15) is 0 Å². The Bertz CT molecular complexity index is 656. The number of aromatic amines is 1. The normalized spacial score (nSPS) is 11.2. The van der Waals surface area contributed by atoms with Crippen molar-refractivity contribution in [2.45, 2.75) is 78.1 Å². The Morgan fingerprint density at radius 1 is 0.870 bits per heavy atom. The van der Waals surface area contributed by atoms with E-state index in [4.69, 9.17) is 0 Å². The minimum atomic E-state index is 0.219. The van der Waals surface area contributed by atoms with Crippen LogP contribution in [0.3, 0.4) is 0 Å². The van der Waals surface area contributed by atoms with Gasteiger partial charge >= 0.3 is 0 Å². The molecule has 0 aliphatic carbocycles. The van der Waals surface area contributed by atoms with Gasteiger partial charge in [-0.15, -0.1) is 0 Å². The zero-order valence-electron chi connectivity index (χ0n) is 14.8. The molecule has 0 atom stereocenters. The average molecular weight is 313 g/mol. The van der Waals surface area contributed by atoms with E-state index in [0.717, 1.165) is 35.0 Å². The van der Waals surface area contributed by atoms with E-state index in [1.807, 2.05) is 31.2 Å². The first-order valence-corrected chi connectivity index (χ1v) is 9.34. The van der Waals surface area contributed by atoms with Crippen LogP contribution < -0.4 is 5.43 Å². The van der Waals surface area contributed by atoms with Crippen molar-refractivity contribution in [1.82, 2.24) is 4.98 Å². The van der Waals surface area contributed by atoms with E-state index in [-0.39, 0.29) is 5.43 Å². The predicted octanol–water partition coefficient (Wildman–Crippen LogP) is 5.91. The second-order valence-corrected chi connectivity index (χ2v) is 6.68. The molecule has 0 fully saturated rings. The fourth-order valence-electron chi connectivity index (χ4n) is 3.31. The second-order valence-electron chi connectivity index (χ2n) is 6.68. The summed E-state index contributed by atoms with van der Waals surface area (Å²) in [7, 11) is 0. The van der Waals surface area contributed by atoms with E-state index in [0.29, 0.717) is 0 Å². The minimum absolute atomic E-state index is 0.219. The van der Waals surface area contributed by atoms with Crippen LogP contribution in [0.1, 0.15) is 76.0 Å². The van der Waals surface area contributed by atoms with Gasteiger partial charge in [-0.3, -0.25) is 4.79 Å². The van der Waals surface area contributed by atoms with Gasteiger partial charge in [-0.25, -0.2) is 0 Å². The number of fused-ring (bicyclic) bond motifs is 1. The van der Waals surface area contributed by atoms with Crippen LogP contribution in [-0.4, -0.2) is 4.98 Å². The first-order chi connectivity index (χ1) is 11.2. The first-order valence-electron chi connectivity index (χ1n) is 9.34. The molecular weight excluding hydrogens is 282 g/mol. The molecule has 2 nitrogen and oxygen atoms in total. The van der Waals surface area contributed by atoms with Crippen LogP contribution in [0.4, 0.5) is 0 Å². The van der Waals surface area contributed by atoms with E-state index in [1.54, 1.807) is 0 Å². The predicted molar refractivity (Wildman–Crippen MR) is 100 cm³/mol. The molecule has 0 aliphatic heterocycles. The van der Waals surface area contributed by atoms with E-state index >= 15 is 0 Å². The Morgan fingerprint density at radius 2 is 1.48 bits per heavy atom. The SMILES string of the molecule is CCCCCCCCCCCc1c(C)[nH]c2ccccc2c1=O. The van der Waals surface area contributed by atoms with Gasteiger partial charge in [0.15, 0.2) is 5.43 Å². The summed E-state index contributed by atoms with van der Waals surface area (Å²) in [6, 6.07) is 7.81. The highest BCUT2D eigenvalue weighted by Gasteiger charge is 2.08. The van der Waals surface area contributed by atoms with Crippen molar-refractivity contribution in [3.63, 3.8) is 0 Å².